The lowest BCUT2D eigenvalue weighted by molar-refractivity contribution is -0.137. The first-order valence-electron chi connectivity index (χ1n) is 8.54. The molecule has 0 heterocycles. The largest absolute Gasteiger partial charge is 0.481 e. The molecule has 134 valence electrons. The third-order valence-corrected chi connectivity index (χ3v) is 6.01. The zero-order valence-corrected chi connectivity index (χ0v) is 14.7. The number of sulfone groups is 1. The smallest absolute Gasteiger partial charge is 0.303 e. The van der Waals surface area contributed by atoms with Crippen LogP contribution in [0.1, 0.15) is 64.7 Å². The van der Waals surface area contributed by atoms with Gasteiger partial charge in [-0.1, -0.05) is 39.0 Å². The molecule has 0 aromatic heterocycles. The van der Waals surface area contributed by atoms with Crippen LogP contribution in [0.2, 0.25) is 0 Å². The summed E-state index contributed by atoms with van der Waals surface area (Å²) < 4.78 is 23.4. The lowest BCUT2D eigenvalue weighted by Crippen LogP contribution is -2.40. The first-order chi connectivity index (χ1) is 10.8. The third-order valence-electron chi connectivity index (χ3n) is 4.28. The molecule has 0 aromatic carbocycles. The highest BCUT2D eigenvalue weighted by Gasteiger charge is 2.23. The van der Waals surface area contributed by atoms with Crippen molar-refractivity contribution in [3.05, 3.63) is 0 Å². The van der Waals surface area contributed by atoms with Crippen molar-refractivity contribution in [2.75, 3.05) is 11.5 Å². The van der Waals surface area contributed by atoms with E-state index in [-0.39, 0.29) is 18.2 Å². The molecule has 0 radical (unpaired) electrons. The number of aliphatic carboxylic acids is 1. The van der Waals surface area contributed by atoms with Crippen molar-refractivity contribution in [3.8, 4) is 0 Å². The molecule has 1 unspecified atom stereocenters. The SMILES string of the molecule is CCCS(=O)(=O)CC(=O)NC(CCC(=O)O)CC1CCCCC1. The number of hydrogen-bond acceptors (Lipinski definition) is 4. The van der Waals surface area contributed by atoms with Crippen LogP contribution in [0.3, 0.4) is 0 Å². The number of carbonyl (C=O) groups excluding carboxylic acids is 1. The predicted molar refractivity (Wildman–Crippen MR) is 88.9 cm³/mol. The van der Waals surface area contributed by atoms with E-state index < -0.39 is 27.5 Å². The summed E-state index contributed by atoms with van der Waals surface area (Å²) in [6.45, 7) is 1.76. The number of amides is 1. The Bertz CT molecular complexity index is 483. The van der Waals surface area contributed by atoms with Gasteiger partial charge in [-0.25, -0.2) is 8.42 Å². The molecule has 1 fully saturated rings. The molecular weight excluding hydrogens is 318 g/mol. The standard InChI is InChI=1S/C16H29NO5S/c1-2-10-23(21,22)12-15(18)17-14(8-9-16(19)20)11-13-6-4-3-5-7-13/h13-14H,2-12H2,1H3,(H,17,18)(H,19,20). The maximum atomic E-state index is 12.0. The van der Waals surface area contributed by atoms with Gasteiger partial charge in [-0.15, -0.1) is 0 Å². The van der Waals surface area contributed by atoms with Gasteiger partial charge in [0.05, 0.1) is 5.75 Å². The molecule has 1 aliphatic rings. The minimum Gasteiger partial charge on any atom is -0.481 e. The summed E-state index contributed by atoms with van der Waals surface area (Å²) in [5, 5.41) is 11.6. The maximum absolute atomic E-state index is 12.0. The van der Waals surface area contributed by atoms with Crippen molar-refractivity contribution in [2.24, 2.45) is 5.92 Å². The molecule has 6 nitrogen and oxygen atoms in total. The Labute approximate surface area is 139 Å². The lowest BCUT2D eigenvalue weighted by Gasteiger charge is -2.27. The van der Waals surface area contributed by atoms with Gasteiger partial charge in [-0.05, 0) is 25.2 Å². The summed E-state index contributed by atoms with van der Waals surface area (Å²) in [6.07, 6.45) is 7.36. The van der Waals surface area contributed by atoms with Crippen LogP contribution in [0.4, 0.5) is 0 Å². The monoisotopic (exact) mass is 347 g/mol. The van der Waals surface area contributed by atoms with Crippen molar-refractivity contribution in [3.63, 3.8) is 0 Å². The average molecular weight is 347 g/mol. The normalized spacial score (nSPS) is 17.6. The Morgan fingerprint density at radius 1 is 1.22 bits per heavy atom. The number of carboxylic acids is 1. The van der Waals surface area contributed by atoms with Crippen LogP contribution in [-0.4, -0.2) is 42.9 Å². The molecule has 2 N–H and O–H groups in total. The minimum absolute atomic E-state index is 0.00282. The van der Waals surface area contributed by atoms with Crippen LogP contribution in [0.25, 0.3) is 0 Å². The fraction of sp³-hybridized carbons (Fsp3) is 0.875. The summed E-state index contributed by atoms with van der Waals surface area (Å²) >= 11 is 0. The van der Waals surface area contributed by atoms with Gasteiger partial charge in [0.25, 0.3) is 0 Å². The topological polar surface area (TPSA) is 101 Å². The molecule has 1 atom stereocenters. The number of nitrogens with one attached hydrogen (secondary N) is 1. The summed E-state index contributed by atoms with van der Waals surface area (Å²) in [5.41, 5.74) is 0. The maximum Gasteiger partial charge on any atom is 0.303 e. The van der Waals surface area contributed by atoms with Crippen molar-refractivity contribution in [1.29, 1.82) is 0 Å². The fourth-order valence-electron chi connectivity index (χ4n) is 3.22. The molecule has 1 aliphatic carbocycles. The molecule has 0 spiro atoms. The second-order valence-corrected chi connectivity index (χ2v) is 8.71. The lowest BCUT2D eigenvalue weighted by atomic mass is 9.84. The van der Waals surface area contributed by atoms with Gasteiger partial charge in [-0.2, -0.15) is 0 Å². The Morgan fingerprint density at radius 2 is 1.87 bits per heavy atom. The summed E-state index contributed by atoms with van der Waals surface area (Å²) in [7, 11) is -3.37. The van der Waals surface area contributed by atoms with E-state index in [1.807, 2.05) is 0 Å². The van der Waals surface area contributed by atoms with E-state index >= 15 is 0 Å². The van der Waals surface area contributed by atoms with Crippen LogP contribution in [0.15, 0.2) is 0 Å². The Kier molecular flexibility index (Phi) is 8.58. The molecule has 1 amide bonds. The van der Waals surface area contributed by atoms with E-state index in [0.717, 1.165) is 19.3 Å². The van der Waals surface area contributed by atoms with Crippen LogP contribution in [0, 0.1) is 5.92 Å². The number of carbonyl (C=O) groups is 2. The van der Waals surface area contributed by atoms with E-state index in [4.69, 9.17) is 5.11 Å². The second kappa shape index (κ2) is 9.90. The zero-order valence-electron chi connectivity index (χ0n) is 13.9. The highest BCUT2D eigenvalue weighted by atomic mass is 32.2. The molecule has 1 saturated carbocycles. The molecule has 0 aliphatic heterocycles. The zero-order chi connectivity index (χ0) is 17.3. The summed E-state index contributed by atoms with van der Waals surface area (Å²) in [6, 6.07) is -0.251. The fourth-order valence-corrected chi connectivity index (χ4v) is 4.47. The van der Waals surface area contributed by atoms with Gasteiger partial charge in [0, 0.05) is 12.5 Å². The van der Waals surface area contributed by atoms with Crippen LogP contribution >= 0.6 is 0 Å². The van der Waals surface area contributed by atoms with Crippen molar-refractivity contribution < 1.29 is 23.1 Å². The minimum atomic E-state index is -3.37. The molecule has 7 heteroatoms. The van der Waals surface area contributed by atoms with Gasteiger partial charge < -0.3 is 10.4 Å². The van der Waals surface area contributed by atoms with Gasteiger partial charge in [0.1, 0.15) is 5.75 Å². The molecule has 0 aromatic rings. The second-order valence-electron chi connectivity index (χ2n) is 6.53. The molecule has 23 heavy (non-hydrogen) atoms. The van der Waals surface area contributed by atoms with Crippen molar-refractivity contribution >= 4 is 21.7 Å². The Balaban J connectivity index is 2.56. The van der Waals surface area contributed by atoms with Crippen LogP contribution in [0.5, 0.6) is 0 Å². The van der Waals surface area contributed by atoms with Gasteiger partial charge in [-0.3, -0.25) is 9.59 Å². The predicted octanol–water partition coefficient (Wildman–Crippen LogP) is 2.13. The Morgan fingerprint density at radius 3 is 2.43 bits per heavy atom. The molecule has 0 bridgehead atoms. The van der Waals surface area contributed by atoms with Gasteiger partial charge in [0.15, 0.2) is 9.84 Å². The first-order valence-corrected chi connectivity index (χ1v) is 10.4. The van der Waals surface area contributed by atoms with Crippen LogP contribution in [-0.2, 0) is 19.4 Å². The number of carboxylic acid groups (broad SMARTS) is 1. The highest BCUT2D eigenvalue weighted by Crippen LogP contribution is 2.28. The number of rotatable bonds is 10. The van der Waals surface area contributed by atoms with Crippen molar-refractivity contribution in [1.82, 2.24) is 5.32 Å². The average Bonchev–Trinajstić information content (AvgIpc) is 2.45. The van der Waals surface area contributed by atoms with E-state index in [1.165, 1.54) is 19.3 Å². The third kappa shape index (κ3) is 8.93. The highest BCUT2D eigenvalue weighted by molar-refractivity contribution is 7.92. The van der Waals surface area contributed by atoms with E-state index in [9.17, 15) is 18.0 Å². The van der Waals surface area contributed by atoms with E-state index in [2.05, 4.69) is 5.32 Å². The van der Waals surface area contributed by atoms with E-state index in [0.29, 0.717) is 18.8 Å². The van der Waals surface area contributed by atoms with Gasteiger partial charge in [0.2, 0.25) is 5.91 Å². The molecule has 0 saturated heterocycles. The number of hydrogen-bond donors (Lipinski definition) is 2. The Hall–Kier alpha value is -1.11. The quantitative estimate of drug-likeness (QED) is 0.630. The molecular formula is C16H29NO5S. The summed E-state index contributed by atoms with van der Waals surface area (Å²) in [5.74, 6) is -1.41. The van der Waals surface area contributed by atoms with E-state index in [1.54, 1.807) is 6.92 Å². The van der Waals surface area contributed by atoms with Crippen molar-refractivity contribution in [2.45, 2.75) is 70.8 Å². The first kappa shape index (κ1) is 19.9. The summed E-state index contributed by atoms with van der Waals surface area (Å²) in [4.78, 5) is 22.8. The van der Waals surface area contributed by atoms with Crippen LogP contribution < -0.4 is 5.32 Å². The molecule has 1 rings (SSSR count). The van der Waals surface area contributed by atoms with Gasteiger partial charge >= 0.3 is 5.97 Å².